The fraction of sp³-hybridized carbons (Fsp3) is 0.318. The summed E-state index contributed by atoms with van der Waals surface area (Å²) >= 11 is 1.36. The van der Waals surface area contributed by atoms with E-state index in [1.54, 1.807) is 12.1 Å². The highest BCUT2D eigenvalue weighted by Crippen LogP contribution is 2.41. The Hall–Kier alpha value is -3.23. The van der Waals surface area contributed by atoms with E-state index in [9.17, 15) is 18.5 Å². The minimum absolute atomic E-state index is 0.0393. The van der Waals surface area contributed by atoms with Crippen LogP contribution in [-0.2, 0) is 21.2 Å². The molecule has 0 saturated carbocycles. The van der Waals surface area contributed by atoms with Gasteiger partial charge in [-0.25, -0.2) is 13.4 Å². The third kappa shape index (κ3) is 5.07. The van der Waals surface area contributed by atoms with Crippen molar-refractivity contribution in [3.05, 3.63) is 60.2 Å². The molecule has 2 fully saturated rings. The van der Waals surface area contributed by atoms with Crippen LogP contribution in [0.25, 0.3) is 0 Å². The molecule has 2 saturated heterocycles. The highest BCUT2D eigenvalue weighted by atomic mass is 32.2. The van der Waals surface area contributed by atoms with E-state index in [0.717, 1.165) is 11.4 Å². The molecule has 0 spiro atoms. The van der Waals surface area contributed by atoms with Gasteiger partial charge in [-0.2, -0.15) is 5.26 Å². The number of nitrogens with zero attached hydrogens (tertiary/aromatic N) is 4. The number of carbonyl (C=O) groups is 1. The van der Waals surface area contributed by atoms with Gasteiger partial charge in [0.05, 0.1) is 36.6 Å². The summed E-state index contributed by atoms with van der Waals surface area (Å²) in [6.45, 7) is 0.155. The smallest absolute Gasteiger partial charge is 0.263 e. The molecule has 0 radical (unpaired) electrons. The largest absolute Gasteiger partial charge is 0.467 e. The number of nitrogens with one attached hydrogen (secondary N) is 1. The van der Waals surface area contributed by atoms with E-state index in [0.29, 0.717) is 10.9 Å². The zero-order chi connectivity index (χ0) is 23.6. The summed E-state index contributed by atoms with van der Waals surface area (Å²) in [5.41, 5.74) is 1.67. The van der Waals surface area contributed by atoms with Gasteiger partial charge in [0.25, 0.3) is 5.91 Å². The average molecular weight is 486 g/mol. The number of sulfone groups is 1. The number of anilines is 2. The lowest BCUT2D eigenvalue weighted by atomic mass is 10.2. The van der Waals surface area contributed by atoms with Gasteiger partial charge in [-0.15, -0.1) is 0 Å². The zero-order valence-electron chi connectivity index (χ0n) is 18.1. The molecule has 2 unspecified atom stereocenters. The molecule has 2 atom stereocenters. The average Bonchev–Trinajstić information content (AvgIpc) is 3.47. The van der Waals surface area contributed by atoms with Gasteiger partial charge in [-0.1, -0.05) is 11.8 Å². The number of benzene rings is 1. The molecule has 1 aromatic carbocycles. The number of thioether (sulfide) groups is 1. The van der Waals surface area contributed by atoms with Crippen LogP contribution in [0.1, 0.15) is 5.76 Å². The van der Waals surface area contributed by atoms with Gasteiger partial charge in [-0.3, -0.25) is 4.79 Å². The number of hydrogen-bond donors (Lipinski definition) is 1. The minimum atomic E-state index is -3.14. The van der Waals surface area contributed by atoms with Crippen molar-refractivity contribution in [2.45, 2.75) is 17.8 Å². The van der Waals surface area contributed by atoms with Crippen LogP contribution in [0.3, 0.4) is 0 Å². The van der Waals surface area contributed by atoms with Gasteiger partial charge in [0.15, 0.2) is 15.0 Å². The Balaban J connectivity index is 1.59. The van der Waals surface area contributed by atoms with E-state index in [4.69, 9.17) is 4.42 Å². The molecule has 1 N–H and O–H groups in total. The Bertz CT molecular complexity index is 1230. The number of amidine groups is 1. The fourth-order valence-electron chi connectivity index (χ4n) is 3.72. The van der Waals surface area contributed by atoms with E-state index < -0.39 is 15.7 Å². The predicted octanol–water partition coefficient (Wildman–Crippen LogP) is 2.14. The van der Waals surface area contributed by atoms with Gasteiger partial charge in [0, 0.05) is 30.7 Å². The molecule has 1 aromatic heterocycles. The van der Waals surface area contributed by atoms with Crippen molar-refractivity contribution >= 4 is 44.0 Å². The summed E-state index contributed by atoms with van der Waals surface area (Å²) in [6.07, 6.45) is 2.74. The van der Waals surface area contributed by atoms with Crippen molar-refractivity contribution in [3.8, 4) is 6.07 Å². The van der Waals surface area contributed by atoms with Crippen LogP contribution in [0, 0.1) is 11.3 Å². The first-order chi connectivity index (χ1) is 15.8. The summed E-state index contributed by atoms with van der Waals surface area (Å²) in [6, 6.07) is 12.8. The molecule has 9 nitrogen and oxygen atoms in total. The van der Waals surface area contributed by atoms with Crippen LogP contribution < -0.4 is 15.1 Å². The minimum Gasteiger partial charge on any atom is -0.467 e. The molecule has 11 heteroatoms. The van der Waals surface area contributed by atoms with Crippen molar-refractivity contribution < 1.29 is 17.6 Å². The number of fused-ring (bicyclic) bond motifs is 1. The molecule has 2 aliphatic rings. The zero-order valence-corrected chi connectivity index (χ0v) is 19.8. The molecular weight excluding hydrogens is 462 g/mol. The summed E-state index contributed by atoms with van der Waals surface area (Å²) in [5.74, 6) is 0.120. The molecule has 0 aliphatic carbocycles. The Morgan fingerprint density at radius 1 is 1.33 bits per heavy atom. The SMILES string of the molecule is CN(C)c1ccc(N2C(=N/C=C(\C#N)C(=O)NCc3ccco3)SC3CS(=O)(=O)CC32)cc1. The Labute approximate surface area is 196 Å². The van der Waals surface area contributed by atoms with Crippen LogP contribution in [0.4, 0.5) is 11.4 Å². The molecule has 4 rings (SSSR count). The number of carbonyl (C=O) groups excluding carboxylic acids is 1. The molecule has 0 bridgehead atoms. The summed E-state index contributed by atoms with van der Waals surface area (Å²) < 4.78 is 29.7. The van der Waals surface area contributed by atoms with Crippen LogP contribution in [0.2, 0.25) is 0 Å². The van der Waals surface area contributed by atoms with Crippen molar-refractivity contribution in [3.63, 3.8) is 0 Å². The number of rotatable bonds is 6. The predicted molar refractivity (Wildman–Crippen MR) is 129 cm³/mol. The number of furan rings is 1. The highest BCUT2D eigenvalue weighted by molar-refractivity contribution is 8.16. The molecule has 172 valence electrons. The second-order valence-electron chi connectivity index (χ2n) is 7.91. The van der Waals surface area contributed by atoms with E-state index in [1.807, 2.05) is 54.2 Å². The van der Waals surface area contributed by atoms with Gasteiger partial charge in [-0.05, 0) is 36.4 Å². The van der Waals surface area contributed by atoms with E-state index in [-0.39, 0.29) is 34.9 Å². The Morgan fingerprint density at radius 2 is 2.09 bits per heavy atom. The van der Waals surface area contributed by atoms with Crippen molar-refractivity contribution in [2.75, 3.05) is 35.4 Å². The maximum Gasteiger partial charge on any atom is 0.263 e. The van der Waals surface area contributed by atoms with Gasteiger partial charge >= 0.3 is 0 Å². The molecule has 3 heterocycles. The maximum absolute atomic E-state index is 12.4. The second kappa shape index (κ2) is 9.33. The highest BCUT2D eigenvalue weighted by Gasteiger charge is 2.49. The van der Waals surface area contributed by atoms with Crippen LogP contribution in [0.15, 0.2) is 63.8 Å². The Morgan fingerprint density at radius 3 is 2.73 bits per heavy atom. The normalized spacial score (nSPS) is 22.8. The topological polar surface area (TPSA) is 119 Å². The van der Waals surface area contributed by atoms with Crippen LogP contribution in [-0.4, -0.2) is 56.4 Å². The second-order valence-corrected chi connectivity index (χ2v) is 11.3. The third-order valence-electron chi connectivity index (χ3n) is 5.38. The first-order valence-electron chi connectivity index (χ1n) is 10.2. The lowest BCUT2D eigenvalue weighted by Gasteiger charge is -2.25. The van der Waals surface area contributed by atoms with Crippen molar-refractivity contribution in [2.24, 2.45) is 4.99 Å². The molecule has 1 amide bonds. The monoisotopic (exact) mass is 485 g/mol. The maximum atomic E-state index is 12.4. The lowest BCUT2D eigenvalue weighted by molar-refractivity contribution is -0.117. The molecule has 2 aromatic rings. The summed E-state index contributed by atoms with van der Waals surface area (Å²) in [4.78, 5) is 20.7. The summed E-state index contributed by atoms with van der Waals surface area (Å²) in [7, 11) is 0.749. The van der Waals surface area contributed by atoms with E-state index in [2.05, 4.69) is 10.3 Å². The molecule has 2 aliphatic heterocycles. The first-order valence-corrected chi connectivity index (χ1v) is 12.9. The van der Waals surface area contributed by atoms with Gasteiger partial charge < -0.3 is 19.5 Å². The van der Waals surface area contributed by atoms with Gasteiger partial charge in [0.1, 0.15) is 17.4 Å². The standard InChI is InChI=1S/C22H23N5O4S2/c1-26(2)16-5-7-17(8-6-16)27-19-13-33(29,30)14-20(19)32-22(27)25-11-15(10-23)21(28)24-12-18-4-3-9-31-18/h3-9,11,19-20H,12-14H2,1-2H3,(H,24,28)/b15-11+,25-22?. The first kappa shape index (κ1) is 22.9. The van der Waals surface area contributed by atoms with E-state index >= 15 is 0 Å². The number of nitriles is 1. The third-order valence-corrected chi connectivity index (χ3v) is 8.61. The lowest BCUT2D eigenvalue weighted by Crippen LogP contribution is -2.37. The van der Waals surface area contributed by atoms with Crippen molar-refractivity contribution in [1.29, 1.82) is 5.26 Å². The molecular formula is C22H23N5O4S2. The quantitative estimate of drug-likeness (QED) is 0.488. The number of aliphatic imine (C=N–C) groups is 1. The van der Waals surface area contributed by atoms with Crippen molar-refractivity contribution in [1.82, 2.24) is 5.32 Å². The summed E-state index contributed by atoms with van der Waals surface area (Å²) in [5, 5.41) is 12.5. The Kier molecular flexibility index (Phi) is 6.49. The van der Waals surface area contributed by atoms with Gasteiger partial charge in [0.2, 0.25) is 0 Å². The fourth-order valence-corrected chi connectivity index (χ4v) is 7.61. The van der Waals surface area contributed by atoms with Crippen LogP contribution in [0.5, 0.6) is 0 Å². The van der Waals surface area contributed by atoms with E-state index in [1.165, 1.54) is 24.2 Å². The number of amides is 1. The molecule has 33 heavy (non-hydrogen) atoms. The number of hydrogen-bond acceptors (Lipinski definition) is 8. The van der Waals surface area contributed by atoms with Crippen LogP contribution >= 0.6 is 11.8 Å².